The van der Waals surface area contributed by atoms with Crippen molar-refractivity contribution in [3.8, 4) is 11.5 Å². The third-order valence-electron chi connectivity index (χ3n) is 2.83. The Balaban J connectivity index is 2.94. The van der Waals surface area contributed by atoms with Gasteiger partial charge in [0, 0.05) is 11.6 Å². The highest BCUT2D eigenvalue weighted by atomic mass is 16.3. The second-order valence-electron chi connectivity index (χ2n) is 4.14. The molecule has 1 amide bonds. The molecule has 6 nitrogen and oxygen atoms in total. The number of amides is 1. The van der Waals surface area contributed by atoms with Crippen molar-refractivity contribution in [3.05, 3.63) is 23.8 Å². The zero-order valence-electron chi connectivity index (χ0n) is 10.1. The van der Waals surface area contributed by atoms with Crippen molar-refractivity contribution in [1.29, 1.82) is 0 Å². The molecule has 6 heteroatoms. The molecule has 0 bridgehead atoms. The minimum atomic E-state index is -1.11. The van der Waals surface area contributed by atoms with Crippen molar-refractivity contribution in [1.82, 2.24) is 5.32 Å². The van der Waals surface area contributed by atoms with E-state index in [-0.39, 0.29) is 17.1 Å². The van der Waals surface area contributed by atoms with E-state index in [1.807, 2.05) is 0 Å². The zero-order valence-corrected chi connectivity index (χ0v) is 10.1. The number of benzene rings is 1. The van der Waals surface area contributed by atoms with Gasteiger partial charge < -0.3 is 25.7 Å². The van der Waals surface area contributed by atoms with Gasteiger partial charge in [0.25, 0.3) is 5.91 Å². The Labute approximate surface area is 105 Å². The number of carbonyl (C=O) groups excluding carboxylic acids is 1. The maximum Gasteiger partial charge on any atom is 0.252 e. The van der Waals surface area contributed by atoms with E-state index in [1.165, 1.54) is 12.1 Å². The van der Waals surface area contributed by atoms with Crippen molar-refractivity contribution in [2.45, 2.75) is 18.9 Å². The van der Waals surface area contributed by atoms with Crippen LogP contribution in [0.25, 0.3) is 0 Å². The third-order valence-corrected chi connectivity index (χ3v) is 2.83. The number of phenols is 2. The van der Waals surface area contributed by atoms with Crippen LogP contribution in [-0.2, 0) is 0 Å². The Hall–Kier alpha value is -1.79. The van der Waals surface area contributed by atoms with Crippen LogP contribution in [0.3, 0.4) is 0 Å². The molecule has 0 spiro atoms. The molecule has 0 heterocycles. The summed E-state index contributed by atoms with van der Waals surface area (Å²) in [6, 6.07) is 3.47. The predicted molar refractivity (Wildman–Crippen MR) is 64.4 cm³/mol. The smallest absolute Gasteiger partial charge is 0.252 e. The van der Waals surface area contributed by atoms with Crippen LogP contribution in [0.5, 0.6) is 11.5 Å². The maximum atomic E-state index is 11.9. The molecule has 1 aromatic carbocycles. The second kappa shape index (κ2) is 5.70. The van der Waals surface area contributed by atoms with E-state index >= 15 is 0 Å². The number of hydrogen-bond acceptors (Lipinski definition) is 5. The minimum Gasteiger partial charge on any atom is -0.508 e. The van der Waals surface area contributed by atoms with Gasteiger partial charge in [-0.2, -0.15) is 0 Å². The first-order valence-electron chi connectivity index (χ1n) is 5.53. The molecule has 0 aliphatic heterocycles. The molecule has 5 N–H and O–H groups in total. The molecule has 1 rings (SSSR count). The van der Waals surface area contributed by atoms with E-state index in [0.717, 1.165) is 6.07 Å². The van der Waals surface area contributed by atoms with E-state index in [2.05, 4.69) is 5.32 Å². The standard InChI is InChI=1S/C12H17NO5/c1-2-12(6-14,7-15)13-11(18)8-3-9(16)5-10(17)4-8/h3-5,14-17H,2,6-7H2,1H3,(H,13,18). The van der Waals surface area contributed by atoms with Gasteiger partial charge in [0.05, 0.1) is 18.8 Å². The van der Waals surface area contributed by atoms with Gasteiger partial charge in [-0.05, 0) is 18.6 Å². The number of carbonyl (C=O) groups is 1. The lowest BCUT2D eigenvalue weighted by molar-refractivity contribution is 0.0652. The van der Waals surface area contributed by atoms with Crippen LogP contribution >= 0.6 is 0 Å². The van der Waals surface area contributed by atoms with Gasteiger partial charge in [-0.25, -0.2) is 0 Å². The van der Waals surface area contributed by atoms with Crippen LogP contribution in [0.4, 0.5) is 0 Å². The Morgan fingerprint density at radius 1 is 1.17 bits per heavy atom. The quantitative estimate of drug-likeness (QED) is 0.507. The summed E-state index contributed by atoms with van der Waals surface area (Å²) in [4.78, 5) is 11.9. The first-order chi connectivity index (χ1) is 8.46. The third kappa shape index (κ3) is 3.12. The maximum absolute atomic E-state index is 11.9. The first kappa shape index (κ1) is 14.3. The molecule has 0 saturated carbocycles. The fraction of sp³-hybridized carbons (Fsp3) is 0.417. The van der Waals surface area contributed by atoms with Crippen LogP contribution in [0.1, 0.15) is 23.7 Å². The molecule has 0 saturated heterocycles. The van der Waals surface area contributed by atoms with Gasteiger partial charge in [-0.1, -0.05) is 6.92 Å². The Morgan fingerprint density at radius 3 is 2.06 bits per heavy atom. The number of aliphatic hydroxyl groups is 2. The van der Waals surface area contributed by atoms with Crippen LogP contribution in [0.2, 0.25) is 0 Å². The highest BCUT2D eigenvalue weighted by Crippen LogP contribution is 2.21. The fourth-order valence-electron chi connectivity index (χ4n) is 1.48. The first-order valence-corrected chi connectivity index (χ1v) is 5.53. The summed E-state index contributed by atoms with van der Waals surface area (Å²) in [6.45, 7) is 0.903. The fourth-order valence-corrected chi connectivity index (χ4v) is 1.48. The Morgan fingerprint density at radius 2 is 1.67 bits per heavy atom. The number of nitrogens with one attached hydrogen (secondary N) is 1. The van der Waals surface area contributed by atoms with Crippen molar-refractivity contribution in [2.75, 3.05) is 13.2 Å². The molecule has 1 aromatic rings. The SMILES string of the molecule is CCC(CO)(CO)NC(=O)c1cc(O)cc(O)c1. The van der Waals surface area contributed by atoms with E-state index in [1.54, 1.807) is 6.92 Å². The van der Waals surface area contributed by atoms with E-state index < -0.39 is 24.7 Å². The largest absolute Gasteiger partial charge is 0.508 e. The monoisotopic (exact) mass is 255 g/mol. The van der Waals surface area contributed by atoms with E-state index in [4.69, 9.17) is 0 Å². The number of aromatic hydroxyl groups is 2. The van der Waals surface area contributed by atoms with Crippen molar-refractivity contribution in [2.24, 2.45) is 0 Å². The van der Waals surface area contributed by atoms with Crippen LogP contribution < -0.4 is 5.32 Å². The summed E-state index contributed by atoms with van der Waals surface area (Å²) in [5.41, 5.74) is -1.06. The van der Waals surface area contributed by atoms with Gasteiger partial charge in [-0.15, -0.1) is 0 Å². The normalized spacial score (nSPS) is 11.3. The highest BCUT2D eigenvalue weighted by Gasteiger charge is 2.29. The van der Waals surface area contributed by atoms with Crippen LogP contribution in [-0.4, -0.2) is 45.1 Å². The lowest BCUT2D eigenvalue weighted by atomic mass is 9.97. The molecule has 0 fully saturated rings. The highest BCUT2D eigenvalue weighted by molar-refractivity contribution is 5.95. The van der Waals surface area contributed by atoms with Crippen LogP contribution in [0.15, 0.2) is 18.2 Å². The minimum absolute atomic E-state index is 0.0484. The number of rotatable bonds is 5. The summed E-state index contributed by atoms with van der Waals surface area (Å²) in [5.74, 6) is -1.07. The Kier molecular flexibility index (Phi) is 4.52. The van der Waals surface area contributed by atoms with E-state index in [0.29, 0.717) is 6.42 Å². The summed E-state index contributed by atoms with van der Waals surface area (Å²) in [5, 5.41) is 39.5. The Bertz CT molecular complexity index is 400. The molecule has 0 atom stereocenters. The molecule has 0 radical (unpaired) electrons. The molecular weight excluding hydrogens is 238 g/mol. The van der Waals surface area contributed by atoms with Gasteiger partial charge in [0.15, 0.2) is 0 Å². The number of aliphatic hydroxyl groups excluding tert-OH is 2. The number of phenolic OH excluding ortho intramolecular Hbond substituents is 2. The molecule has 18 heavy (non-hydrogen) atoms. The lowest BCUT2D eigenvalue weighted by Crippen LogP contribution is -2.53. The second-order valence-corrected chi connectivity index (χ2v) is 4.14. The number of hydrogen-bond donors (Lipinski definition) is 5. The summed E-state index contributed by atoms with van der Waals surface area (Å²) < 4.78 is 0. The zero-order chi connectivity index (χ0) is 13.8. The van der Waals surface area contributed by atoms with Gasteiger partial charge in [0.2, 0.25) is 0 Å². The summed E-state index contributed by atoms with van der Waals surface area (Å²) >= 11 is 0. The van der Waals surface area contributed by atoms with Gasteiger partial charge in [-0.3, -0.25) is 4.79 Å². The van der Waals surface area contributed by atoms with Gasteiger partial charge >= 0.3 is 0 Å². The molecule has 0 aliphatic rings. The lowest BCUT2D eigenvalue weighted by Gasteiger charge is -2.29. The predicted octanol–water partition coefficient (Wildman–Crippen LogP) is -0.0390. The van der Waals surface area contributed by atoms with Crippen LogP contribution in [0, 0.1) is 0 Å². The molecule has 0 aliphatic carbocycles. The topological polar surface area (TPSA) is 110 Å². The molecule has 0 unspecified atom stereocenters. The van der Waals surface area contributed by atoms with Gasteiger partial charge in [0.1, 0.15) is 11.5 Å². The molecule has 100 valence electrons. The van der Waals surface area contributed by atoms with E-state index in [9.17, 15) is 25.2 Å². The summed E-state index contributed by atoms with van der Waals surface area (Å²) in [6.07, 6.45) is 0.344. The van der Waals surface area contributed by atoms with Crippen molar-refractivity contribution < 1.29 is 25.2 Å². The molecule has 0 aromatic heterocycles. The van der Waals surface area contributed by atoms with Crippen molar-refractivity contribution >= 4 is 5.91 Å². The average Bonchev–Trinajstić information content (AvgIpc) is 2.35. The average molecular weight is 255 g/mol. The van der Waals surface area contributed by atoms with Crippen molar-refractivity contribution in [3.63, 3.8) is 0 Å². The summed E-state index contributed by atoms with van der Waals surface area (Å²) in [7, 11) is 0. The molecular formula is C12H17NO5.